The van der Waals surface area contributed by atoms with Crippen molar-refractivity contribution < 1.29 is 22.4 Å². The van der Waals surface area contributed by atoms with Crippen LogP contribution in [-0.2, 0) is 22.4 Å². The van der Waals surface area contributed by atoms with Crippen molar-refractivity contribution >= 4 is 19.1 Å². The standard InChI is InChI=1S/C5H3N4.C4H11P.Au/c1-2-7-5-4(6-1)3-8-9-5;1-4-5(2)3;/h1-3H;4H2,1-3H3;/q-1;;+1. The molecule has 0 atom stereocenters. The van der Waals surface area contributed by atoms with Gasteiger partial charge < -0.3 is 10.1 Å². The molecule has 0 unspecified atom stereocenters. The van der Waals surface area contributed by atoms with E-state index in [9.17, 15) is 0 Å². The maximum absolute atomic E-state index is 3.95. The van der Waals surface area contributed by atoms with Gasteiger partial charge in [0.05, 0.1) is 11.7 Å². The third kappa shape index (κ3) is 5.38. The Kier molecular flexibility index (Phi) is 7.79. The number of rotatable bonds is 1. The van der Waals surface area contributed by atoms with E-state index < -0.39 is 0 Å². The van der Waals surface area contributed by atoms with Crippen molar-refractivity contribution in [2.45, 2.75) is 6.92 Å². The van der Waals surface area contributed by atoms with Crippen LogP contribution in [0.25, 0.3) is 11.2 Å². The third-order valence-electron chi connectivity index (χ3n) is 1.67. The van der Waals surface area contributed by atoms with Crippen LogP contribution in [0.5, 0.6) is 0 Å². The zero-order chi connectivity index (χ0) is 10.4. The summed E-state index contributed by atoms with van der Waals surface area (Å²) in [6.45, 7) is 6.80. The fraction of sp³-hybridized carbons (Fsp3) is 0.444. The summed E-state index contributed by atoms with van der Waals surface area (Å²) in [6, 6.07) is 0. The van der Waals surface area contributed by atoms with Crippen LogP contribution in [0.3, 0.4) is 0 Å². The summed E-state index contributed by atoms with van der Waals surface area (Å²) in [7, 11) is 0.402. The quantitative estimate of drug-likeness (QED) is 0.535. The van der Waals surface area contributed by atoms with E-state index in [1.54, 1.807) is 18.6 Å². The fourth-order valence-corrected chi connectivity index (χ4v) is 0.648. The van der Waals surface area contributed by atoms with Crippen molar-refractivity contribution in [3.05, 3.63) is 18.6 Å². The minimum atomic E-state index is 0. The molecule has 86 valence electrons. The second kappa shape index (κ2) is 7.94. The van der Waals surface area contributed by atoms with Crippen molar-refractivity contribution in [3.8, 4) is 0 Å². The molecule has 0 spiro atoms. The van der Waals surface area contributed by atoms with Crippen LogP contribution in [0.4, 0.5) is 0 Å². The Morgan fingerprint density at radius 3 is 2.40 bits per heavy atom. The molecular weight excluding hydrogens is 392 g/mol. The first-order valence-corrected chi connectivity index (χ1v) is 6.86. The molecule has 15 heavy (non-hydrogen) atoms. The molecule has 0 aliphatic heterocycles. The van der Waals surface area contributed by atoms with Crippen molar-refractivity contribution in [2.24, 2.45) is 0 Å². The molecule has 0 aliphatic carbocycles. The Hall–Kier alpha value is -0.280. The molecule has 4 nitrogen and oxygen atoms in total. The molecular formula is C9H14AuN4P. The van der Waals surface area contributed by atoms with Crippen LogP contribution in [-0.4, -0.2) is 34.6 Å². The van der Waals surface area contributed by atoms with Gasteiger partial charge in [-0.2, -0.15) is 0 Å². The van der Waals surface area contributed by atoms with Crippen molar-refractivity contribution in [1.82, 2.24) is 20.2 Å². The van der Waals surface area contributed by atoms with Gasteiger partial charge in [-0.15, -0.1) is 7.92 Å². The summed E-state index contributed by atoms with van der Waals surface area (Å²) in [5, 5.41) is 7.32. The molecule has 6 heteroatoms. The fourth-order valence-electron chi connectivity index (χ4n) is 0.648. The van der Waals surface area contributed by atoms with Gasteiger partial charge in [0, 0.05) is 6.20 Å². The number of aromatic nitrogens is 4. The first-order valence-electron chi connectivity index (χ1n) is 4.44. The van der Waals surface area contributed by atoms with Crippen LogP contribution in [0.1, 0.15) is 6.92 Å². The Bertz CT molecular complexity index is 347. The molecule has 0 aliphatic rings. The Labute approximate surface area is 107 Å². The predicted molar refractivity (Wildman–Crippen MR) is 60.0 cm³/mol. The Balaban J connectivity index is 0.000000289. The monoisotopic (exact) mass is 406 g/mol. The SMILES string of the molecule is CCP(C)C.[Au+].c1cnc2[n-]ncc2n1. The summed E-state index contributed by atoms with van der Waals surface area (Å²) < 4.78 is 0. The van der Waals surface area contributed by atoms with E-state index in [-0.39, 0.29) is 22.4 Å². The van der Waals surface area contributed by atoms with Crippen LogP contribution in [0, 0.1) is 0 Å². The molecule has 0 fully saturated rings. The van der Waals surface area contributed by atoms with E-state index in [4.69, 9.17) is 0 Å². The maximum atomic E-state index is 3.95. The number of nitrogens with zero attached hydrogens (tertiary/aromatic N) is 4. The first-order chi connectivity index (χ1) is 6.74. The van der Waals surface area contributed by atoms with E-state index in [1.165, 1.54) is 6.16 Å². The molecule has 2 rings (SSSR count). The molecule has 0 saturated heterocycles. The van der Waals surface area contributed by atoms with Gasteiger partial charge in [-0.25, -0.2) is 0 Å². The van der Waals surface area contributed by atoms with Crippen LogP contribution < -0.4 is 5.10 Å². The third-order valence-corrected chi connectivity index (χ3v) is 2.94. The van der Waals surface area contributed by atoms with Gasteiger partial charge in [-0.05, 0) is 25.1 Å². The zero-order valence-electron chi connectivity index (χ0n) is 8.98. The molecule has 0 N–H and O–H groups in total. The second-order valence-electron chi connectivity index (χ2n) is 3.01. The molecule has 0 aromatic carbocycles. The molecule has 2 heterocycles. The van der Waals surface area contributed by atoms with Crippen LogP contribution >= 0.6 is 7.92 Å². The molecule has 2 aromatic rings. The molecule has 0 amide bonds. The van der Waals surface area contributed by atoms with Gasteiger partial charge in [0.15, 0.2) is 0 Å². The summed E-state index contributed by atoms with van der Waals surface area (Å²) in [6.07, 6.45) is 6.17. The van der Waals surface area contributed by atoms with Crippen molar-refractivity contribution in [2.75, 3.05) is 19.5 Å². The average Bonchev–Trinajstić information content (AvgIpc) is 2.66. The number of hydrogen-bond acceptors (Lipinski definition) is 3. The van der Waals surface area contributed by atoms with Gasteiger partial charge in [-0.3, -0.25) is 10.1 Å². The van der Waals surface area contributed by atoms with Gasteiger partial charge in [-0.1, -0.05) is 13.1 Å². The molecule has 0 bridgehead atoms. The van der Waals surface area contributed by atoms with Crippen LogP contribution in [0.2, 0.25) is 0 Å². The summed E-state index contributed by atoms with van der Waals surface area (Å²) in [5.74, 6) is 0. The first kappa shape index (κ1) is 14.7. The largest absolute Gasteiger partial charge is 1.00 e. The summed E-state index contributed by atoms with van der Waals surface area (Å²) in [4.78, 5) is 7.86. The minimum absolute atomic E-state index is 0. The average molecular weight is 406 g/mol. The Morgan fingerprint density at radius 2 is 1.87 bits per heavy atom. The number of hydrogen-bond donors (Lipinski definition) is 0. The second-order valence-corrected chi connectivity index (χ2v) is 5.80. The molecule has 2 aromatic heterocycles. The van der Waals surface area contributed by atoms with E-state index >= 15 is 0 Å². The van der Waals surface area contributed by atoms with Gasteiger partial charge >= 0.3 is 22.4 Å². The zero-order valence-corrected chi connectivity index (χ0v) is 12.0. The molecule has 0 saturated carbocycles. The van der Waals surface area contributed by atoms with E-state index in [2.05, 4.69) is 40.4 Å². The Morgan fingerprint density at radius 1 is 1.27 bits per heavy atom. The minimum Gasteiger partial charge on any atom is -0.438 e. The van der Waals surface area contributed by atoms with Gasteiger partial charge in [0.25, 0.3) is 0 Å². The van der Waals surface area contributed by atoms with Crippen LogP contribution in [0.15, 0.2) is 18.6 Å². The summed E-state index contributed by atoms with van der Waals surface area (Å²) in [5.41, 5.74) is 1.36. The predicted octanol–water partition coefficient (Wildman–Crippen LogP) is 1.73. The van der Waals surface area contributed by atoms with Gasteiger partial charge in [0.2, 0.25) is 0 Å². The molecule has 0 radical (unpaired) electrons. The van der Waals surface area contributed by atoms with Gasteiger partial charge in [0.1, 0.15) is 0 Å². The van der Waals surface area contributed by atoms with E-state index in [1.807, 2.05) is 0 Å². The summed E-state index contributed by atoms with van der Waals surface area (Å²) >= 11 is 0. The number of fused-ring (bicyclic) bond motifs is 1. The normalized spacial score (nSPS) is 9.33. The van der Waals surface area contributed by atoms with Crippen molar-refractivity contribution in [3.63, 3.8) is 0 Å². The smallest absolute Gasteiger partial charge is 0.438 e. The van der Waals surface area contributed by atoms with E-state index in [0.29, 0.717) is 13.6 Å². The van der Waals surface area contributed by atoms with E-state index in [0.717, 1.165) is 5.52 Å². The topological polar surface area (TPSA) is 52.8 Å². The maximum Gasteiger partial charge on any atom is 1.00 e. The van der Waals surface area contributed by atoms with Crippen molar-refractivity contribution in [1.29, 1.82) is 0 Å².